The molecule has 0 amide bonds. The van der Waals surface area contributed by atoms with Crippen molar-refractivity contribution in [3.05, 3.63) is 23.8 Å². The third-order valence-corrected chi connectivity index (χ3v) is 2.96. The number of hydrogen-bond acceptors (Lipinski definition) is 2. The van der Waals surface area contributed by atoms with Crippen LogP contribution in [-0.2, 0) is 0 Å². The minimum atomic E-state index is 0.530. The number of rotatable bonds is 1. The van der Waals surface area contributed by atoms with Gasteiger partial charge < -0.3 is 10.2 Å². The summed E-state index contributed by atoms with van der Waals surface area (Å²) in [6.45, 7) is 9.98. The molecule has 0 fully saturated rings. The molecule has 0 radical (unpaired) electrons. The summed E-state index contributed by atoms with van der Waals surface area (Å²) in [6, 6.07) is 7.73. The SMILES string of the molecule is Cc1ccc2c(c1)N(C(C)C)CC(C)N2. The number of hydrogen-bond donors (Lipinski definition) is 1. The fourth-order valence-corrected chi connectivity index (χ4v) is 2.19. The average molecular weight is 204 g/mol. The Labute approximate surface area is 92.3 Å². The molecule has 1 aliphatic heterocycles. The minimum absolute atomic E-state index is 0.530. The van der Waals surface area contributed by atoms with Crippen LogP contribution in [0.5, 0.6) is 0 Å². The standard InChI is InChI=1S/C13H20N2/c1-9(2)15-8-11(4)14-12-6-5-10(3)7-13(12)15/h5-7,9,11,14H,8H2,1-4H3. The lowest BCUT2D eigenvalue weighted by atomic mass is 10.1. The van der Waals surface area contributed by atoms with E-state index in [2.05, 4.69) is 56.1 Å². The van der Waals surface area contributed by atoms with E-state index in [0.29, 0.717) is 12.1 Å². The highest BCUT2D eigenvalue weighted by atomic mass is 15.2. The minimum Gasteiger partial charge on any atom is -0.379 e. The second-order valence-electron chi connectivity index (χ2n) is 4.81. The van der Waals surface area contributed by atoms with Crippen LogP contribution in [0.25, 0.3) is 0 Å². The van der Waals surface area contributed by atoms with Crippen LogP contribution in [0.4, 0.5) is 11.4 Å². The highest BCUT2D eigenvalue weighted by molar-refractivity contribution is 5.73. The van der Waals surface area contributed by atoms with Crippen molar-refractivity contribution in [3.63, 3.8) is 0 Å². The first-order valence-corrected chi connectivity index (χ1v) is 5.72. The Morgan fingerprint density at radius 2 is 2.13 bits per heavy atom. The largest absolute Gasteiger partial charge is 0.379 e. The summed E-state index contributed by atoms with van der Waals surface area (Å²) in [4.78, 5) is 2.48. The summed E-state index contributed by atoms with van der Waals surface area (Å²) in [6.07, 6.45) is 0. The van der Waals surface area contributed by atoms with Gasteiger partial charge in [0.2, 0.25) is 0 Å². The first-order chi connectivity index (χ1) is 7.08. The van der Waals surface area contributed by atoms with Gasteiger partial charge in [-0.3, -0.25) is 0 Å². The second-order valence-corrected chi connectivity index (χ2v) is 4.81. The number of aryl methyl sites for hydroxylation is 1. The number of nitrogens with zero attached hydrogens (tertiary/aromatic N) is 1. The van der Waals surface area contributed by atoms with E-state index in [1.165, 1.54) is 16.9 Å². The van der Waals surface area contributed by atoms with Gasteiger partial charge in [-0.2, -0.15) is 0 Å². The zero-order valence-electron chi connectivity index (χ0n) is 10.0. The van der Waals surface area contributed by atoms with E-state index >= 15 is 0 Å². The molecular weight excluding hydrogens is 184 g/mol. The molecule has 2 rings (SSSR count). The van der Waals surface area contributed by atoms with E-state index in [9.17, 15) is 0 Å². The molecule has 1 N–H and O–H groups in total. The highest BCUT2D eigenvalue weighted by Crippen LogP contribution is 2.32. The quantitative estimate of drug-likeness (QED) is 0.756. The van der Waals surface area contributed by atoms with Crippen molar-refractivity contribution in [1.82, 2.24) is 0 Å². The molecule has 0 saturated heterocycles. The fraction of sp³-hybridized carbons (Fsp3) is 0.538. The Balaban J connectivity index is 2.43. The molecule has 2 nitrogen and oxygen atoms in total. The molecule has 0 bridgehead atoms. The lowest BCUT2D eigenvalue weighted by Crippen LogP contribution is -2.43. The molecular formula is C13H20N2. The van der Waals surface area contributed by atoms with Crippen molar-refractivity contribution in [3.8, 4) is 0 Å². The van der Waals surface area contributed by atoms with Crippen molar-refractivity contribution in [1.29, 1.82) is 0 Å². The zero-order valence-corrected chi connectivity index (χ0v) is 10.0. The predicted molar refractivity (Wildman–Crippen MR) is 66.7 cm³/mol. The van der Waals surface area contributed by atoms with Gasteiger partial charge in [0, 0.05) is 18.6 Å². The third kappa shape index (κ3) is 1.94. The van der Waals surface area contributed by atoms with Gasteiger partial charge in [0.1, 0.15) is 0 Å². The number of anilines is 2. The van der Waals surface area contributed by atoms with Crippen LogP contribution in [0.15, 0.2) is 18.2 Å². The van der Waals surface area contributed by atoms with Crippen molar-refractivity contribution < 1.29 is 0 Å². The molecule has 0 saturated carbocycles. The van der Waals surface area contributed by atoms with Gasteiger partial charge in [-0.15, -0.1) is 0 Å². The van der Waals surface area contributed by atoms with E-state index in [4.69, 9.17) is 0 Å². The van der Waals surface area contributed by atoms with E-state index in [1.54, 1.807) is 0 Å². The molecule has 0 aliphatic carbocycles. The maximum atomic E-state index is 3.53. The third-order valence-electron chi connectivity index (χ3n) is 2.96. The van der Waals surface area contributed by atoms with Crippen LogP contribution in [-0.4, -0.2) is 18.6 Å². The van der Waals surface area contributed by atoms with Gasteiger partial charge in [0.15, 0.2) is 0 Å². The molecule has 1 aromatic rings. The smallest absolute Gasteiger partial charge is 0.0607 e. The van der Waals surface area contributed by atoms with Crippen LogP contribution in [0.2, 0.25) is 0 Å². The van der Waals surface area contributed by atoms with Crippen LogP contribution in [0, 0.1) is 6.92 Å². The Bertz CT molecular complexity index is 358. The molecule has 1 aliphatic rings. The molecule has 1 heterocycles. The van der Waals surface area contributed by atoms with Gasteiger partial charge in [-0.05, 0) is 45.4 Å². The number of benzene rings is 1. The van der Waals surface area contributed by atoms with E-state index in [-0.39, 0.29) is 0 Å². The lowest BCUT2D eigenvalue weighted by Gasteiger charge is -2.38. The predicted octanol–water partition coefficient (Wildman–Crippen LogP) is 3.02. The first-order valence-electron chi connectivity index (χ1n) is 5.72. The van der Waals surface area contributed by atoms with Gasteiger partial charge in [0.05, 0.1) is 11.4 Å². The maximum Gasteiger partial charge on any atom is 0.0607 e. The molecule has 0 aromatic heterocycles. The first kappa shape index (κ1) is 10.3. The molecule has 2 heteroatoms. The average Bonchev–Trinajstić information content (AvgIpc) is 2.17. The van der Waals surface area contributed by atoms with Crippen molar-refractivity contribution in [2.75, 3.05) is 16.8 Å². The highest BCUT2D eigenvalue weighted by Gasteiger charge is 2.22. The Hall–Kier alpha value is -1.18. The summed E-state index contributed by atoms with van der Waals surface area (Å²) in [5, 5.41) is 3.53. The lowest BCUT2D eigenvalue weighted by molar-refractivity contribution is 0.624. The van der Waals surface area contributed by atoms with Crippen LogP contribution >= 0.6 is 0 Å². The molecule has 1 unspecified atom stereocenters. The Morgan fingerprint density at radius 3 is 2.80 bits per heavy atom. The monoisotopic (exact) mass is 204 g/mol. The van der Waals surface area contributed by atoms with Gasteiger partial charge in [-0.1, -0.05) is 6.07 Å². The summed E-state index contributed by atoms with van der Waals surface area (Å²) in [5.41, 5.74) is 3.95. The van der Waals surface area contributed by atoms with Crippen molar-refractivity contribution in [2.45, 2.75) is 39.8 Å². The van der Waals surface area contributed by atoms with Gasteiger partial charge in [-0.25, -0.2) is 0 Å². The van der Waals surface area contributed by atoms with E-state index in [1.807, 2.05) is 0 Å². The molecule has 1 atom stereocenters. The van der Waals surface area contributed by atoms with E-state index < -0.39 is 0 Å². The summed E-state index contributed by atoms with van der Waals surface area (Å²) < 4.78 is 0. The molecule has 1 aromatic carbocycles. The van der Waals surface area contributed by atoms with Crippen LogP contribution < -0.4 is 10.2 Å². The molecule has 82 valence electrons. The summed E-state index contributed by atoms with van der Waals surface area (Å²) in [5.74, 6) is 0. The zero-order chi connectivity index (χ0) is 11.0. The van der Waals surface area contributed by atoms with Crippen molar-refractivity contribution >= 4 is 11.4 Å². The number of fused-ring (bicyclic) bond motifs is 1. The van der Waals surface area contributed by atoms with E-state index in [0.717, 1.165) is 6.54 Å². The topological polar surface area (TPSA) is 15.3 Å². The molecule has 15 heavy (non-hydrogen) atoms. The normalized spacial score (nSPS) is 20.1. The fourth-order valence-electron chi connectivity index (χ4n) is 2.19. The van der Waals surface area contributed by atoms with Gasteiger partial charge in [0.25, 0.3) is 0 Å². The van der Waals surface area contributed by atoms with Crippen molar-refractivity contribution in [2.24, 2.45) is 0 Å². The number of nitrogens with one attached hydrogen (secondary N) is 1. The second kappa shape index (κ2) is 3.76. The van der Waals surface area contributed by atoms with Gasteiger partial charge >= 0.3 is 0 Å². The molecule has 0 spiro atoms. The van der Waals surface area contributed by atoms with Crippen LogP contribution in [0.1, 0.15) is 26.3 Å². The van der Waals surface area contributed by atoms with Crippen LogP contribution in [0.3, 0.4) is 0 Å². The maximum absolute atomic E-state index is 3.53. The summed E-state index contributed by atoms with van der Waals surface area (Å²) >= 11 is 0. The summed E-state index contributed by atoms with van der Waals surface area (Å²) in [7, 11) is 0. The Morgan fingerprint density at radius 1 is 1.40 bits per heavy atom. The Kier molecular flexibility index (Phi) is 2.59.